The van der Waals surface area contributed by atoms with Crippen molar-refractivity contribution < 1.29 is 23.0 Å². The Kier molecular flexibility index (Phi) is 15.3. The van der Waals surface area contributed by atoms with Gasteiger partial charge >= 0.3 is 6.61 Å². The van der Waals surface area contributed by atoms with Gasteiger partial charge in [0.25, 0.3) is 0 Å². The predicted molar refractivity (Wildman–Crippen MR) is 109 cm³/mol. The molecule has 0 unspecified atom stereocenters. The van der Waals surface area contributed by atoms with Crippen LogP contribution in [0.15, 0.2) is 29.3 Å². The van der Waals surface area contributed by atoms with E-state index in [2.05, 4.69) is 20.4 Å². The zero-order valence-electron chi connectivity index (χ0n) is 15.2. The molecule has 0 aliphatic carbocycles. The van der Waals surface area contributed by atoms with Crippen LogP contribution in [0.4, 0.5) is 8.78 Å². The third kappa shape index (κ3) is 12.2. The molecular formula is C17H28F2IN3O3. The first-order chi connectivity index (χ1) is 12.2. The number of nitrogens with one attached hydrogen (secondary N) is 2. The summed E-state index contributed by atoms with van der Waals surface area (Å²) < 4.78 is 39.2. The van der Waals surface area contributed by atoms with E-state index in [9.17, 15) is 8.78 Å². The van der Waals surface area contributed by atoms with Crippen molar-refractivity contribution in [3.8, 4) is 5.75 Å². The number of guanidine groups is 1. The summed E-state index contributed by atoms with van der Waals surface area (Å²) in [7, 11) is 1.64. The van der Waals surface area contributed by atoms with Crippen LogP contribution in [0.1, 0.15) is 18.9 Å². The lowest BCUT2D eigenvalue weighted by Crippen LogP contribution is -2.38. The maximum atomic E-state index is 12.3. The molecule has 0 radical (unpaired) electrons. The molecule has 0 amide bonds. The molecule has 0 saturated heterocycles. The fraction of sp³-hybridized carbons (Fsp3) is 0.588. The van der Waals surface area contributed by atoms with Crippen LogP contribution in [-0.4, -0.2) is 52.6 Å². The average Bonchev–Trinajstić information content (AvgIpc) is 2.58. The van der Waals surface area contributed by atoms with Gasteiger partial charge in [0.2, 0.25) is 0 Å². The highest BCUT2D eigenvalue weighted by Gasteiger charge is 2.04. The maximum absolute atomic E-state index is 12.3. The molecule has 2 N–H and O–H groups in total. The molecule has 1 aromatic rings. The van der Waals surface area contributed by atoms with Gasteiger partial charge in [0.05, 0.1) is 19.8 Å². The Morgan fingerprint density at radius 1 is 1.19 bits per heavy atom. The summed E-state index contributed by atoms with van der Waals surface area (Å²) in [4.78, 5) is 4.44. The van der Waals surface area contributed by atoms with E-state index in [0.717, 1.165) is 18.5 Å². The maximum Gasteiger partial charge on any atom is 0.387 e. The van der Waals surface area contributed by atoms with Crippen molar-refractivity contribution in [2.75, 3.05) is 40.0 Å². The first-order valence-electron chi connectivity index (χ1n) is 8.28. The Hall–Kier alpha value is -1.20. The first-order valence-corrected chi connectivity index (χ1v) is 8.28. The van der Waals surface area contributed by atoms with E-state index in [0.29, 0.717) is 38.9 Å². The number of alkyl halides is 2. The third-order valence-corrected chi connectivity index (χ3v) is 3.08. The largest absolute Gasteiger partial charge is 0.435 e. The molecule has 1 rings (SSSR count). The van der Waals surface area contributed by atoms with Crippen LogP contribution in [0.25, 0.3) is 0 Å². The van der Waals surface area contributed by atoms with Crippen molar-refractivity contribution in [2.45, 2.75) is 26.5 Å². The first kappa shape index (κ1) is 24.8. The molecule has 0 spiro atoms. The molecule has 0 saturated carbocycles. The SMILES string of the molecule is CCNC(=NCc1cccc(OC(F)F)c1)NCCCOCCOC.I. The van der Waals surface area contributed by atoms with Crippen LogP contribution in [-0.2, 0) is 16.0 Å². The number of rotatable bonds is 12. The second-order valence-electron chi connectivity index (χ2n) is 5.11. The van der Waals surface area contributed by atoms with Crippen molar-refractivity contribution in [2.24, 2.45) is 4.99 Å². The Labute approximate surface area is 170 Å². The molecule has 0 bridgehead atoms. The van der Waals surface area contributed by atoms with Gasteiger partial charge in [-0.1, -0.05) is 12.1 Å². The van der Waals surface area contributed by atoms with Crippen LogP contribution < -0.4 is 15.4 Å². The monoisotopic (exact) mass is 487 g/mol. The second kappa shape index (κ2) is 16.0. The minimum Gasteiger partial charge on any atom is -0.435 e. The van der Waals surface area contributed by atoms with Crippen molar-refractivity contribution in [3.63, 3.8) is 0 Å². The molecule has 0 aliphatic rings. The van der Waals surface area contributed by atoms with Crippen molar-refractivity contribution >= 4 is 29.9 Å². The van der Waals surface area contributed by atoms with Crippen LogP contribution >= 0.6 is 24.0 Å². The topological polar surface area (TPSA) is 64.1 Å². The van der Waals surface area contributed by atoms with Gasteiger partial charge in [0.15, 0.2) is 5.96 Å². The number of hydrogen-bond donors (Lipinski definition) is 2. The minimum atomic E-state index is -2.83. The summed E-state index contributed by atoms with van der Waals surface area (Å²) in [6, 6.07) is 6.53. The Morgan fingerprint density at radius 3 is 2.69 bits per heavy atom. The van der Waals surface area contributed by atoms with Gasteiger partial charge in [-0.25, -0.2) is 4.99 Å². The van der Waals surface area contributed by atoms with Gasteiger partial charge in [0.1, 0.15) is 5.75 Å². The molecule has 1 aromatic carbocycles. The smallest absolute Gasteiger partial charge is 0.387 e. The summed E-state index contributed by atoms with van der Waals surface area (Å²) in [5.74, 6) is 0.799. The van der Waals surface area contributed by atoms with Gasteiger partial charge in [-0.05, 0) is 31.0 Å². The molecule has 150 valence electrons. The van der Waals surface area contributed by atoms with E-state index in [1.54, 1.807) is 19.2 Å². The molecule has 26 heavy (non-hydrogen) atoms. The van der Waals surface area contributed by atoms with Crippen LogP contribution in [0.2, 0.25) is 0 Å². The third-order valence-electron chi connectivity index (χ3n) is 3.08. The summed E-state index contributed by atoms with van der Waals surface area (Å²) in [5.41, 5.74) is 0.790. The van der Waals surface area contributed by atoms with E-state index in [1.165, 1.54) is 6.07 Å². The number of ether oxygens (including phenoxy) is 3. The van der Waals surface area contributed by atoms with Crippen LogP contribution in [0.5, 0.6) is 5.75 Å². The molecule has 0 aromatic heterocycles. The van der Waals surface area contributed by atoms with Crippen molar-refractivity contribution in [1.82, 2.24) is 10.6 Å². The fourth-order valence-corrected chi connectivity index (χ4v) is 1.96. The predicted octanol–water partition coefficient (Wildman–Crippen LogP) is 3.01. The van der Waals surface area contributed by atoms with E-state index < -0.39 is 6.61 Å². The lowest BCUT2D eigenvalue weighted by molar-refractivity contribution is -0.0498. The summed E-state index contributed by atoms with van der Waals surface area (Å²) >= 11 is 0. The Bertz CT molecular complexity index is 508. The molecule has 0 heterocycles. The fourth-order valence-electron chi connectivity index (χ4n) is 1.96. The van der Waals surface area contributed by atoms with Gasteiger partial charge in [-0.2, -0.15) is 8.78 Å². The summed E-state index contributed by atoms with van der Waals surface area (Å²) in [6.45, 7) is 2.76. The number of aliphatic imine (C=N–C) groups is 1. The second-order valence-corrected chi connectivity index (χ2v) is 5.11. The van der Waals surface area contributed by atoms with Gasteiger partial charge in [-0.15, -0.1) is 24.0 Å². The lowest BCUT2D eigenvalue weighted by atomic mass is 10.2. The highest BCUT2D eigenvalue weighted by Crippen LogP contribution is 2.16. The summed E-state index contributed by atoms with van der Waals surface area (Å²) in [6.07, 6.45) is 0.839. The highest BCUT2D eigenvalue weighted by molar-refractivity contribution is 14.0. The summed E-state index contributed by atoms with van der Waals surface area (Å²) in [5, 5.41) is 6.34. The Balaban J connectivity index is 0.00000625. The van der Waals surface area contributed by atoms with Crippen LogP contribution in [0, 0.1) is 0 Å². The van der Waals surface area contributed by atoms with E-state index in [1.807, 2.05) is 13.0 Å². The Morgan fingerprint density at radius 2 is 2.00 bits per heavy atom. The molecule has 6 nitrogen and oxygen atoms in total. The molecule has 0 atom stereocenters. The van der Waals surface area contributed by atoms with Crippen LogP contribution in [0.3, 0.4) is 0 Å². The van der Waals surface area contributed by atoms with Gasteiger partial charge < -0.3 is 24.8 Å². The highest BCUT2D eigenvalue weighted by atomic mass is 127. The van der Waals surface area contributed by atoms with Gasteiger partial charge in [-0.3, -0.25) is 0 Å². The van der Waals surface area contributed by atoms with Crippen molar-refractivity contribution in [1.29, 1.82) is 0 Å². The number of methoxy groups -OCH3 is 1. The zero-order valence-corrected chi connectivity index (χ0v) is 17.5. The molecule has 9 heteroatoms. The van der Waals surface area contributed by atoms with Crippen molar-refractivity contribution in [3.05, 3.63) is 29.8 Å². The van der Waals surface area contributed by atoms with Gasteiger partial charge in [0, 0.05) is 26.8 Å². The van der Waals surface area contributed by atoms with E-state index >= 15 is 0 Å². The number of benzene rings is 1. The molecule has 0 fully saturated rings. The quantitative estimate of drug-likeness (QED) is 0.206. The average molecular weight is 487 g/mol. The molecular weight excluding hydrogens is 459 g/mol. The number of hydrogen-bond acceptors (Lipinski definition) is 4. The minimum absolute atomic E-state index is 0. The number of halogens is 3. The number of nitrogens with zero attached hydrogens (tertiary/aromatic N) is 1. The zero-order chi connectivity index (χ0) is 18.3. The lowest BCUT2D eigenvalue weighted by Gasteiger charge is -2.12. The van der Waals surface area contributed by atoms with E-state index in [4.69, 9.17) is 9.47 Å². The molecule has 0 aliphatic heterocycles. The van der Waals surface area contributed by atoms with E-state index in [-0.39, 0.29) is 29.7 Å². The normalized spacial score (nSPS) is 11.2. The standard InChI is InChI=1S/C17H27F2N3O3.HI/c1-3-20-17(21-8-5-9-24-11-10-23-2)22-13-14-6-4-7-15(12-14)25-16(18)19;/h4,6-7,12,16H,3,5,8-11,13H2,1-2H3,(H2,20,21,22);1H.